The molecule has 1 atom stereocenters. The predicted molar refractivity (Wildman–Crippen MR) is 86.6 cm³/mol. The number of carbonyl (C=O) groups is 2. The van der Waals surface area contributed by atoms with Crippen LogP contribution in [0.3, 0.4) is 0 Å². The summed E-state index contributed by atoms with van der Waals surface area (Å²) in [4.78, 5) is 32.2. The maximum atomic E-state index is 12.4. The Balaban J connectivity index is 1.73. The van der Waals surface area contributed by atoms with Crippen LogP contribution in [-0.2, 0) is 16.1 Å². The van der Waals surface area contributed by atoms with Crippen molar-refractivity contribution in [2.45, 2.75) is 32.9 Å². The summed E-state index contributed by atoms with van der Waals surface area (Å²) in [6, 6.07) is 8.91. The third-order valence-corrected chi connectivity index (χ3v) is 4.08. The number of aromatic nitrogens is 2. The Hall–Kier alpha value is -2.70. The summed E-state index contributed by atoms with van der Waals surface area (Å²) in [5.41, 5.74) is 0.819. The summed E-state index contributed by atoms with van der Waals surface area (Å²) >= 11 is 0. The highest BCUT2D eigenvalue weighted by Gasteiger charge is 2.36. The Bertz CT molecular complexity index is 728. The summed E-state index contributed by atoms with van der Waals surface area (Å²) in [6.45, 7) is 4.60. The van der Waals surface area contributed by atoms with E-state index in [1.807, 2.05) is 37.3 Å². The number of benzene rings is 1. The smallest absolute Gasteiger partial charge is 0.257 e. The molecule has 0 aliphatic carbocycles. The van der Waals surface area contributed by atoms with Crippen LogP contribution in [0.25, 0.3) is 11.5 Å². The van der Waals surface area contributed by atoms with Crippen molar-refractivity contribution < 1.29 is 14.1 Å². The molecule has 24 heavy (non-hydrogen) atoms. The van der Waals surface area contributed by atoms with Gasteiger partial charge in [0, 0.05) is 12.1 Å². The molecule has 1 aliphatic rings. The van der Waals surface area contributed by atoms with Crippen molar-refractivity contribution in [1.82, 2.24) is 19.9 Å². The number of nitrogens with zero attached hydrogens (tertiary/aromatic N) is 4. The molecule has 7 heteroatoms. The van der Waals surface area contributed by atoms with Gasteiger partial charge in [0.2, 0.25) is 11.8 Å². The van der Waals surface area contributed by atoms with Crippen LogP contribution in [0.4, 0.5) is 0 Å². The van der Waals surface area contributed by atoms with Gasteiger partial charge in [-0.2, -0.15) is 4.98 Å². The second kappa shape index (κ2) is 6.82. The lowest BCUT2D eigenvalue weighted by Gasteiger charge is -2.38. The fraction of sp³-hybridized carbons (Fsp3) is 0.412. The van der Waals surface area contributed by atoms with Gasteiger partial charge in [-0.25, -0.2) is 0 Å². The van der Waals surface area contributed by atoms with Gasteiger partial charge >= 0.3 is 0 Å². The first-order chi connectivity index (χ1) is 11.6. The first-order valence-corrected chi connectivity index (χ1v) is 8.06. The zero-order chi connectivity index (χ0) is 17.1. The molecule has 1 aliphatic heterocycles. The topological polar surface area (TPSA) is 79.5 Å². The van der Waals surface area contributed by atoms with E-state index < -0.39 is 6.04 Å². The maximum absolute atomic E-state index is 12.4. The first-order valence-electron chi connectivity index (χ1n) is 8.06. The summed E-state index contributed by atoms with van der Waals surface area (Å²) < 4.78 is 5.25. The Kier molecular flexibility index (Phi) is 4.59. The fourth-order valence-corrected chi connectivity index (χ4v) is 2.80. The van der Waals surface area contributed by atoms with E-state index in [9.17, 15) is 9.59 Å². The highest BCUT2D eigenvalue weighted by molar-refractivity contribution is 5.94. The molecule has 3 rings (SSSR count). The monoisotopic (exact) mass is 328 g/mol. The van der Waals surface area contributed by atoms with Gasteiger partial charge in [0.15, 0.2) is 5.82 Å². The zero-order valence-electron chi connectivity index (χ0n) is 13.8. The van der Waals surface area contributed by atoms with E-state index in [1.165, 1.54) is 4.90 Å². The molecule has 7 nitrogen and oxygen atoms in total. The summed E-state index contributed by atoms with van der Waals surface area (Å²) in [5, 5.41) is 3.93. The van der Waals surface area contributed by atoms with Gasteiger partial charge < -0.3 is 14.3 Å². The van der Waals surface area contributed by atoms with Gasteiger partial charge in [0.25, 0.3) is 5.89 Å². The first kappa shape index (κ1) is 16.2. The summed E-state index contributed by atoms with van der Waals surface area (Å²) in [6.07, 6.45) is 0.830. The number of rotatable bonds is 5. The molecule has 2 heterocycles. The minimum absolute atomic E-state index is 0.0387. The highest BCUT2D eigenvalue weighted by Crippen LogP contribution is 2.19. The number of carbonyl (C=O) groups excluding carboxylic acids is 2. The van der Waals surface area contributed by atoms with Crippen molar-refractivity contribution in [2.24, 2.45) is 0 Å². The second-order valence-corrected chi connectivity index (χ2v) is 5.84. The lowest BCUT2D eigenvalue weighted by Crippen LogP contribution is -2.58. The minimum atomic E-state index is -0.517. The van der Waals surface area contributed by atoms with Gasteiger partial charge in [0.05, 0.1) is 13.1 Å². The van der Waals surface area contributed by atoms with Gasteiger partial charge in [0.1, 0.15) is 6.04 Å². The summed E-state index contributed by atoms with van der Waals surface area (Å²) in [5.74, 6) is 0.664. The molecule has 1 aromatic heterocycles. The van der Waals surface area contributed by atoms with E-state index in [-0.39, 0.29) is 24.9 Å². The molecule has 0 unspecified atom stereocenters. The average Bonchev–Trinajstić information content (AvgIpc) is 3.06. The SMILES string of the molecule is CCCN1CC(=O)N(Cc2noc(-c3ccccc3)n2)[C@H](C)C1=O. The Morgan fingerprint density at radius 3 is 2.71 bits per heavy atom. The minimum Gasteiger partial charge on any atom is -0.334 e. The third kappa shape index (κ3) is 3.15. The largest absolute Gasteiger partial charge is 0.334 e. The Labute approximate surface area is 140 Å². The molecular formula is C17H20N4O3. The van der Waals surface area contributed by atoms with Crippen LogP contribution in [-0.4, -0.2) is 50.9 Å². The van der Waals surface area contributed by atoms with Crippen LogP contribution in [0.2, 0.25) is 0 Å². The van der Waals surface area contributed by atoms with Crippen molar-refractivity contribution in [3.63, 3.8) is 0 Å². The second-order valence-electron chi connectivity index (χ2n) is 5.84. The van der Waals surface area contributed by atoms with Crippen LogP contribution in [0.15, 0.2) is 34.9 Å². The highest BCUT2D eigenvalue weighted by atomic mass is 16.5. The van der Waals surface area contributed by atoms with Crippen molar-refractivity contribution in [3.05, 3.63) is 36.2 Å². The molecule has 2 amide bonds. The molecule has 0 radical (unpaired) electrons. The van der Waals surface area contributed by atoms with Crippen molar-refractivity contribution in [2.75, 3.05) is 13.1 Å². The van der Waals surface area contributed by atoms with Gasteiger partial charge in [-0.3, -0.25) is 9.59 Å². The molecule has 1 fully saturated rings. The van der Waals surface area contributed by atoms with E-state index >= 15 is 0 Å². The van der Waals surface area contributed by atoms with Crippen molar-refractivity contribution in [1.29, 1.82) is 0 Å². The number of piperazine rings is 1. The van der Waals surface area contributed by atoms with Gasteiger partial charge in [-0.15, -0.1) is 0 Å². The standard InChI is InChI=1S/C17H20N4O3/c1-3-9-20-11-15(22)21(12(2)17(20)23)10-14-18-16(24-19-14)13-7-5-4-6-8-13/h4-8,12H,3,9-11H2,1-2H3/t12-/m1/s1. The van der Waals surface area contributed by atoms with Crippen LogP contribution in [0.1, 0.15) is 26.1 Å². The third-order valence-electron chi connectivity index (χ3n) is 4.08. The molecule has 0 saturated carbocycles. The van der Waals surface area contributed by atoms with Crippen molar-refractivity contribution in [3.8, 4) is 11.5 Å². The normalized spacial score (nSPS) is 18.3. The number of hydrogen-bond donors (Lipinski definition) is 0. The molecule has 2 aromatic rings. The zero-order valence-corrected chi connectivity index (χ0v) is 13.8. The lowest BCUT2D eigenvalue weighted by molar-refractivity contribution is -0.155. The fourth-order valence-electron chi connectivity index (χ4n) is 2.80. The van der Waals surface area contributed by atoms with E-state index in [4.69, 9.17) is 4.52 Å². The van der Waals surface area contributed by atoms with Crippen molar-refractivity contribution >= 4 is 11.8 Å². The van der Waals surface area contributed by atoms with Crippen LogP contribution < -0.4 is 0 Å². The maximum Gasteiger partial charge on any atom is 0.257 e. The van der Waals surface area contributed by atoms with Gasteiger partial charge in [-0.1, -0.05) is 30.3 Å². The molecule has 0 spiro atoms. The van der Waals surface area contributed by atoms with E-state index in [2.05, 4.69) is 10.1 Å². The Morgan fingerprint density at radius 1 is 1.25 bits per heavy atom. The van der Waals surface area contributed by atoms with E-state index in [0.29, 0.717) is 18.3 Å². The molecule has 1 saturated heterocycles. The predicted octanol–water partition coefficient (Wildman–Crippen LogP) is 1.71. The number of amides is 2. The summed E-state index contributed by atoms with van der Waals surface area (Å²) in [7, 11) is 0. The molecule has 126 valence electrons. The molecule has 1 aromatic carbocycles. The van der Waals surface area contributed by atoms with E-state index in [0.717, 1.165) is 12.0 Å². The molecule has 0 N–H and O–H groups in total. The quantitative estimate of drug-likeness (QED) is 0.835. The van der Waals surface area contributed by atoms with Crippen LogP contribution in [0.5, 0.6) is 0 Å². The lowest BCUT2D eigenvalue weighted by atomic mass is 10.1. The molecular weight excluding hydrogens is 308 g/mol. The van der Waals surface area contributed by atoms with Crippen LogP contribution >= 0.6 is 0 Å². The Morgan fingerprint density at radius 2 is 2.00 bits per heavy atom. The molecule has 0 bridgehead atoms. The van der Waals surface area contributed by atoms with Gasteiger partial charge in [-0.05, 0) is 25.5 Å². The van der Waals surface area contributed by atoms with Crippen LogP contribution in [0, 0.1) is 0 Å². The van der Waals surface area contributed by atoms with E-state index in [1.54, 1.807) is 11.8 Å². The average molecular weight is 328 g/mol. The number of hydrogen-bond acceptors (Lipinski definition) is 5.